The van der Waals surface area contributed by atoms with Crippen LogP contribution in [-0.4, -0.2) is 11.1 Å². The van der Waals surface area contributed by atoms with Crippen LogP contribution in [0.1, 0.15) is 25.8 Å². The summed E-state index contributed by atoms with van der Waals surface area (Å²) in [5, 5.41) is 9.01. The van der Waals surface area contributed by atoms with Gasteiger partial charge in [-0.25, -0.2) is 4.39 Å². The molecule has 1 aromatic carbocycles. The predicted molar refractivity (Wildman–Crippen MR) is 64.4 cm³/mol. The summed E-state index contributed by atoms with van der Waals surface area (Å²) in [6, 6.07) is 2.89. The number of carboxylic acid groups (broad SMARTS) is 1. The third kappa shape index (κ3) is 2.95. The Kier molecular flexibility index (Phi) is 3.97. The van der Waals surface area contributed by atoms with Gasteiger partial charge in [-0.15, -0.1) is 0 Å². The molecule has 0 fully saturated rings. The van der Waals surface area contributed by atoms with Crippen molar-refractivity contribution < 1.29 is 14.3 Å². The minimum atomic E-state index is -0.926. The van der Waals surface area contributed by atoms with E-state index in [1.165, 1.54) is 6.07 Å². The maximum absolute atomic E-state index is 13.4. The normalized spacial score (nSPS) is 11.6. The second-order valence-corrected chi connectivity index (χ2v) is 5.41. The zero-order valence-corrected chi connectivity index (χ0v) is 11.2. The number of aliphatic carboxylic acids is 1. The van der Waals surface area contributed by atoms with Crippen molar-refractivity contribution in [3.8, 4) is 0 Å². The van der Waals surface area contributed by atoms with Crippen LogP contribution in [0.4, 0.5) is 4.39 Å². The Morgan fingerprint density at radius 1 is 1.56 bits per heavy atom. The molecule has 0 amide bonds. The molecule has 0 aromatic heterocycles. The molecule has 2 nitrogen and oxygen atoms in total. The van der Waals surface area contributed by atoms with E-state index in [0.29, 0.717) is 5.56 Å². The van der Waals surface area contributed by atoms with E-state index in [0.717, 1.165) is 0 Å². The number of rotatable bonds is 3. The molecule has 0 bridgehead atoms. The molecule has 0 saturated heterocycles. The highest BCUT2D eigenvalue weighted by molar-refractivity contribution is 9.10. The van der Waals surface area contributed by atoms with Gasteiger partial charge in [0.25, 0.3) is 0 Å². The minimum Gasteiger partial charge on any atom is -0.481 e. The van der Waals surface area contributed by atoms with Crippen LogP contribution in [-0.2, 0) is 10.2 Å². The molecule has 0 saturated carbocycles. The molecule has 88 valence electrons. The van der Waals surface area contributed by atoms with Crippen LogP contribution in [0.3, 0.4) is 0 Å². The largest absolute Gasteiger partial charge is 0.481 e. The van der Waals surface area contributed by atoms with Crippen LogP contribution in [0.25, 0.3) is 0 Å². The van der Waals surface area contributed by atoms with Gasteiger partial charge in [0, 0.05) is 5.41 Å². The number of hydrogen-bond donors (Lipinski definition) is 1. The van der Waals surface area contributed by atoms with E-state index < -0.39 is 17.2 Å². The smallest absolute Gasteiger partial charge is 0.304 e. The maximum Gasteiger partial charge on any atom is 0.304 e. The second-order valence-electron chi connectivity index (χ2n) is 4.21. The van der Waals surface area contributed by atoms with Crippen LogP contribution in [0.5, 0.6) is 0 Å². The Morgan fingerprint density at radius 3 is 2.56 bits per heavy atom. The molecule has 0 atom stereocenters. The number of hydrogen-bond acceptors (Lipinski definition) is 1. The van der Waals surface area contributed by atoms with E-state index in [9.17, 15) is 9.18 Å². The fourth-order valence-corrected chi connectivity index (χ4v) is 1.86. The first-order chi connectivity index (χ1) is 7.24. The monoisotopic (exact) mass is 308 g/mol. The van der Waals surface area contributed by atoms with Crippen molar-refractivity contribution in [2.24, 2.45) is 0 Å². The highest BCUT2D eigenvalue weighted by Crippen LogP contribution is 2.34. The van der Waals surface area contributed by atoms with Gasteiger partial charge < -0.3 is 5.11 Å². The topological polar surface area (TPSA) is 37.3 Å². The Labute approximate surface area is 107 Å². The van der Waals surface area contributed by atoms with E-state index in [4.69, 9.17) is 16.7 Å². The SMILES string of the molecule is CC(C)(CC(=O)O)c1cc(F)c(Br)c(Cl)c1. The average molecular weight is 310 g/mol. The number of carboxylic acids is 1. The number of halogens is 3. The van der Waals surface area contributed by atoms with E-state index in [-0.39, 0.29) is 15.9 Å². The molecular weight excluding hydrogens is 298 g/mol. The van der Waals surface area contributed by atoms with Crippen molar-refractivity contribution in [3.05, 3.63) is 33.0 Å². The summed E-state index contributed by atoms with van der Waals surface area (Å²) in [7, 11) is 0. The van der Waals surface area contributed by atoms with Gasteiger partial charge in [0.2, 0.25) is 0 Å². The van der Waals surface area contributed by atoms with Gasteiger partial charge in [-0.1, -0.05) is 25.4 Å². The highest BCUT2D eigenvalue weighted by Gasteiger charge is 2.25. The first-order valence-corrected chi connectivity index (χ1v) is 5.78. The summed E-state index contributed by atoms with van der Waals surface area (Å²) in [4.78, 5) is 10.7. The lowest BCUT2D eigenvalue weighted by molar-refractivity contribution is -0.138. The summed E-state index contributed by atoms with van der Waals surface area (Å²) in [6.07, 6.45) is -0.0790. The standard InChI is InChI=1S/C11H11BrClFO2/c1-11(2,5-9(15)16)6-3-7(13)10(12)8(14)4-6/h3-4H,5H2,1-2H3,(H,15,16). The Hall–Kier alpha value is -0.610. The summed E-state index contributed by atoms with van der Waals surface area (Å²) in [5.41, 5.74) is -0.0857. The van der Waals surface area contributed by atoms with Gasteiger partial charge in [-0.3, -0.25) is 4.79 Å². The van der Waals surface area contributed by atoms with Gasteiger partial charge in [0.1, 0.15) is 5.82 Å². The predicted octanol–water partition coefficient (Wildman–Crippen LogP) is 3.99. The lowest BCUT2D eigenvalue weighted by atomic mass is 9.81. The molecule has 5 heteroatoms. The van der Waals surface area contributed by atoms with Crippen LogP contribution in [0, 0.1) is 5.82 Å². The van der Waals surface area contributed by atoms with Crippen molar-refractivity contribution in [2.45, 2.75) is 25.7 Å². The molecule has 16 heavy (non-hydrogen) atoms. The third-order valence-corrected chi connectivity index (χ3v) is 3.69. The Morgan fingerprint density at radius 2 is 2.12 bits per heavy atom. The molecule has 0 aliphatic carbocycles. The van der Waals surface area contributed by atoms with Gasteiger partial charge in [0.05, 0.1) is 15.9 Å². The molecule has 0 spiro atoms. The number of benzene rings is 1. The lowest BCUT2D eigenvalue weighted by Gasteiger charge is -2.23. The van der Waals surface area contributed by atoms with Crippen molar-refractivity contribution in [1.29, 1.82) is 0 Å². The van der Waals surface area contributed by atoms with Crippen LogP contribution >= 0.6 is 27.5 Å². The number of carbonyl (C=O) groups is 1. The van der Waals surface area contributed by atoms with E-state index in [1.54, 1.807) is 19.9 Å². The fourth-order valence-electron chi connectivity index (χ4n) is 1.43. The van der Waals surface area contributed by atoms with E-state index >= 15 is 0 Å². The van der Waals surface area contributed by atoms with Crippen molar-refractivity contribution in [3.63, 3.8) is 0 Å². The maximum atomic E-state index is 13.4. The molecule has 0 aliphatic heterocycles. The highest BCUT2D eigenvalue weighted by atomic mass is 79.9. The van der Waals surface area contributed by atoms with E-state index in [2.05, 4.69) is 15.9 Å². The fraction of sp³-hybridized carbons (Fsp3) is 0.364. The van der Waals surface area contributed by atoms with Gasteiger partial charge in [-0.05, 0) is 33.6 Å². The molecular formula is C11H11BrClFO2. The molecule has 0 heterocycles. The first kappa shape index (κ1) is 13.5. The molecule has 0 aliphatic rings. The first-order valence-electron chi connectivity index (χ1n) is 4.61. The van der Waals surface area contributed by atoms with Crippen molar-refractivity contribution in [1.82, 2.24) is 0 Å². The molecule has 1 rings (SSSR count). The summed E-state index contributed by atoms with van der Waals surface area (Å²) < 4.78 is 13.6. The van der Waals surface area contributed by atoms with Crippen molar-refractivity contribution in [2.75, 3.05) is 0 Å². The molecule has 1 aromatic rings. The van der Waals surface area contributed by atoms with Gasteiger partial charge in [0.15, 0.2) is 0 Å². The Balaban J connectivity index is 3.18. The molecule has 0 unspecified atom stereocenters. The van der Waals surface area contributed by atoms with Crippen molar-refractivity contribution >= 4 is 33.5 Å². The molecule has 1 N–H and O–H groups in total. The van der Waals surface area contributed by atoms with Crippen LogP contribution in [0.2, 0.25) is 5.02 Å². The third-order valence-electron chi connectivity index (χ3n) is 2.36. The van der Waals surface area contributed by atoms with Crippen LogP contribution < -0.4 is 0 Å². The van der Waals surface area contributed by atoms with Gasteiger partial charge in [-0.2, -0.15) is 0 Å². The van der Waals surface area contributed by atoms with E-state index in [1.807, 2.05) is 0 Å². The molecule has 0 radical (unpaired) electrons. The van der Waals surface area contributed by atoms with Gasteiger partial charge >= 0.3 is 5.97 Å². The summed E-state index contributed by atoms with van der Waals surface area (Å²) >= 11 is 8.83. The summed E-state index contributed by atoms with van der Waals surface area (Å²) in [6.45, 7) is 3.47. The minimum absolute atomic E-state index is 0.0790. The lowest BCUT2D eigenvalue weighted by Crippen LogP contribution is -2.21. The quantitative estimate of drug-likeness (QED) is 0.857. The average Bonchev–Trinajstić information content (AvgIpc) is 2.11. The zero-order valence-electron chi connectivity index (χ0n) is 8.85. The van der Waals surface area contributed by atoms with Crippen LogP contribution in [0.15, 0.2) is 16.6 Å². The second kappa shape index (κ2) is 4.72. The summed E-state index contributed by atoms with van der Waals surface area (Å²) in [5.74, 6) is -1.41. The zero-order chi connectivity index (χ0) is 12.5. The Bertz CT molecular complexity index is 409.